The minimum absolute atomic E-state index is 0.676. The molecule has 2 nitrogen and oxygen atoms in total. The van der Waals surface area contributed by atoms with Gasteiger partial charge in [0.2, 0.25) is 0 Å². The lowest BCUT2D eigenvalue weighted by molar-refractivity contribution is 0.352. The van der Waals surface area contributed by atoms with Gasteiger partial charge in [-0.15, -0.1) is 0 Å². The summed E-state index contributed by atoms with van der Waals surface area (Å²) in [5.74, 6) is 2.36. The fourth-order valence-electron chi connectivity index (χ4n) is 1.88. The molecule has 0 spiro atoms. The zero-order valence-electron chi connectivity index (χ0n) is 8.26. The van der Waals surface area contributed by atoms with Gasteiger partial charge < -0.3 is 9.47 Å². The predicted molar refractivity (Wildman–Crippen MR) is 51.7 cm³/mol. The van der Waals surface area contributed by atoms with Gasteiger partial charge >= 0.3 is 0 Å². The molecule has 70 valence electrons. The van der Waals surface area contributed by atoms with Crippen molar-refractivity contribution in [2.75, 3.05) is 14.2 Å². The molecule has 0 bridgehead atoms. The number of ether oxygens (including phenoxy) is 2. The first-order valence-corrected chi connectivity index (χ1v) is 4.51. The van der Waals surface area contributed by atoms with E-state index in [1.165, 1.54) is 11.1 Å². The number of hydrogen-bond donors (Lipinski definition) is 0. The topological polar surface area (TPSA) is 18.5 Å². The van der Waals surface area contributed by atoms with Crippen LogP contribution in [0.4, 0.5) is 0 Å². The van der Waals surface area contributed by atoms with E-state index >= 15 is 0 Å². The van der Waals surface area contributed by atoms with Gasteiger partial charge in [-0.1, -0.05) is 6.92 Å². The molecule has 0 N–H and O–H groups in total. The van der Waals surface area contributed by atoms with Crippen molar-refractivity contribution in [3.05, 3.63) is 23.3 Å². The number of hydrogen-bond acceptors (Lipinski definition) is 2. The molecule has 0 radical (unpaired) electrons. The van der Waals surface area contributed by atoms with Crippen molar-refractivity contribution < 1.29 is 9.47 Å². The molecule has 1 atom stereocenters. The molecule has 0 aromatic heterocycles. The van der Waals surface area contributed by atoms with Crippen LogP contribution >= 0.6 is 0 Å². The quantitative estimate of drug-likeness (QED) is 0.692. The fraction of sp³-hybridized carbons (Fsp3) is 0.455. The van der Waals surface area contributed by atoms with Gasteiger partial charge in [0.15, 0.2) is 11.5 Å². The smallest absolute Gasteiger partial charge is 0.161 e. The monoisotopic (exact) mass is 178 g/mol. The van der Waals surface area contributed by atoms with E-state index in [0.717, 1.165) is 17.9 Å². The Morgan fingerprint density at radius 3 is 2.31 bits per heavy atom. The molecule has 0 saturated carbocycles. The van der Waals surface area contributed by atoms with Crippen LogP contribution in [0, 0.1) is 0 Å². The zero-order valence-corrected chi connectivity index (χ0v) is 8.26. The van der Waals surface area contributed by atoms with E-state index in [0.29, 0.717) is 5.92 Å². The van der Waals surface area contributed by atoms with E-state index in [1.807, 2.05) is 0 Å². The van der Waals surface area contributed by atoms with Gasteiger partial charge in [-0.05, 0) is 35.6 Å². The predicted octanol–water partition coefficient (Wildman–Crippen LogP) is 2.36. The van der Waals surface area contributed by atoms with Gasteiger partial charge in [0.05, 0.1) is 14.2 Å². The highest BCUT2D eigenvalue weighted by molar-refractivity contribution is 5.52. The maximum absolute atomic E-state index is 5.23. The van der Waals surface area contributed by atoms with Crippen LogP contribution in [0.3, 0.4) is 0 Å². The Labute approximate surface area is 78.5 Å². The van der Waals surface area contributed by atoms with Crippen LogP contribution in [0.1, 0.15) is 24.0 Å². The van der Waals surface area contributed by atoms with E-state index in [-0.39, 0.29) is 0 Å². The molecule has 0 saturated heterocycles. The lowest BCUT2D eigenvalue weighted by atomic mass is 9.78. The summed E-state index contributed by atoms with van der Waals surface area (Å²) >= 11 is 0. The van der Waals surface area contributed by atoms with Gasteiger partial charge in [0, 0.05) is 0 Å². The molecular weight excluding hydrogens is 164 g/mol. The van der Waals surface area contributed by atoms with Crippen LogP contribution in [0.25, 0.3) is 0 Å². The highest BCUT2D eigenvalue weighted by Gasteiger charge is 2.24. The second-order valence-electron chi connectivity index (χ2n) is 3.51. The first-order chi connectivity index (χ1) is 6.26. The Balaban J connectivity index is 2.45. The van der Waals surface area contributed by atoms with E-state index in [2.05, 4.69) is 19.1 Å². The number of rotatable bonds is 2. The first kappa shape index (κ1) is 8.42. The maximum atomic E-state index is 5.23. The van der Waals surface area contributed by atoms with Crippen molar-refractivity contribution in [2.24, 2.45) is 0 Å². The maximum Gasteiger partial charge on any atom is 0.161 e. The molecule has 0 aliphatic heterocycles. The highest BCUT2D eigenvalue weighted by Crippen LogP contribution is 2.41. The Morgan fingerprint density at radius 2 is 1.77 bits per heavy atom. The Kier molecular flexibility index (Phi) is 1.91. The standard InChI is InChI=1S/C11H14O2/c1-7-4-8-5-10(12-2)11(13-3)6-9(7)8/h5-7H,4H2,1-3H3. The number of benzene rings is 1. The molecule has 0 fully saturated rings. The molecule has 0 amide bonds. The third-order valence-electron chi connectivity index (χ3n) is 2.70. The van der Waals surface area contributed by atoms with Crippen LogP contribution < -0.4 is 9.47 Å². The van der Waals surface area contributed by atoms with Crippen LogP contribution in [-0.4, -0.2) is 14.2 Å². The molecule has 1 aromatic carbocycles. The third kappa shape index (κ3) is 1.17. The van der Waals surface area contributed by atoms with Gasteiger partial charge in [-0.3, -0.25) is 0 Å². The van der Waals surface area contributed by atoms with Crippen LogP contribution in [-0.2, 0) is 6.42 Å². The summed E-state index contributed by atoms with van der Waals surface area (Å²) < 4.78 is 10.4. The molecule has 1 aliphatic carbocycles. The summed E-state index contributed by atoms with van der Waals surface area (Å²) in [7, 11) is 3.35. The molecule has 13 heavy (non-hydrogen) atoms. The largest absolute Gasteiger partial charge is 0.493 e. The second kappa shape index (κ2) is 2.95. The molecule has 0 heterocycles. The normalized spacial score (nSPS) is 18.8. The van der Waals surface area contributed by atoms with E-state index < -0.39 is 0 Å². The van der Waals surface area contributed by atoms with Gasteiger partial charge in [-0.2, -0.15) is 0 Å². The summed E-state index contributed by atoms with van der Waals surface area (Å²) in [5.41, 5.74) is 2.79. The van der Waals surface area contributed by atoms with Crippen LogP contribution in [0.2, 0.25) is 0 Å². The van der Waals surface area contributed by atoms with Crippen molar-refractivity contribution >= 4 is 0 Å². The summed E-state index contributed by atoms with van der Waals surface area (Å²) in [6.45, 7) is 2.23. The average molecular weight is 178 g/mol. The Morgan fingerprint density at radius 1 is 1.15 bits per heavy atom. The summed E-state index contributed by atoms with van der Waals surface area (Å²) in [6, 6.07) is 4.16. The van der Waals surface area contributed by atoms with Gasteiger partial charge in [0.1, 0.15) is 0 Å². The molecule has 1 unspecified atom stereocenters. The molecule has 1 aromatic rings. The highest BCUT2D eigenvalue weighted by atomic mass is 16.5. The molecule has 1 aliphatic rings. The summed E-state index contributed by atoms with van der Waals surface area (Å²) in [4.78, 5) is 0. The Bertz CT molecular complexity index is 331. The lowest BCUT2D eigenvalue weighted by Crippen LogP contribution is -2.14. The van der Waals surface area contributed by atoms with Crippen molar-refractivity contribution in [1.82, 2.24) is 0 Å². The van der Waals surface area contributed by atoms with Crippen molar-refractivity contribution in [3.8, 4) is 11.5 Å². The fourth-order valence-corrected chi connectivity index (χ4v) is 1.88. The molecular formula is C11H14O2. The van der Waals surface area contributed by atoms with Gasteiger partial charge in [-0.25, -0.2) is 0 Å². The first-order valence-electron chi connectivity index (χ1n) is 4.51. The number of methoxy groups -OCH3 is 2. The lowest BCUT2D eigenvalue weighted by Gasteiger charge is -2.28. The van der Waals surface area contributed by atoms with Gasteiger partial charge in [0.25, 0.3) is 0 Å². The SMILES string of the molecule is COc1cc2c(cc1OC)C(C)C2. The van der Waals surface area contributed by atoms with E-state index in [1.54, 1.807) is 14.2 Å². The second-order valence-corrected chi connectivity index (χ2v) is 3.51. The summed E-state index contributed by atoms with van der Waals surface area (Å²) in [5, 5.41) is 0. The van der Waals surface area contributed by atoms with E-state index in [9.17, 15) is 0 Å². The zero-order chi connectivity index (χ0) is 9.42. The third-order valence-corrected chi connectivity index (χ3v) is 2.70. The van der Waals surface area contributed by atoms with Crippen LogP contribution in [0.5, 0.6) is 11.5 Å². The van der Waals surface area contributed by atoms with Crippen molar-refractivity contribution in [1.29, 1.82) is 0 Å². The number of fused-ring (bicyclic) bond motifs is 1. The van der Waals surface area contributed by atoms with Crippen LogP contribution in [0.15, 0.2) is 12.1 Å². The minimum Gasteiger partial charge on any atom is -0.493 e. The summed E-state index contributed by atoms with van der Waals surface area (Å²) in [6.07, 6.45) is 1.16. The Hall–Kier alpha value is -1.18. The van der Waals surface area contributed by atoms with E-state index in [4.69, 9.17) is 9.47 Å². The van der Waals surface area contributed by atoms with Crippen molar-refractivity contribution in [2.45, 2.75) is 19.3 Å². The molecule has 2 heteroatoms. The average Bonchev–Trinajstić information content (AvgIpc) is 2.15. The van der Waals surface area contributed by atoms with Crippen molar-refractivity contribution in [3.63, 3.8) is 0 Å². The molecule has 2 rings (SSSR count). The minimum atomic E-state index is 0.676.